The Kier molecular flexibility index (Phi) is 11.3. The van der Waals surface area contributed by atoms with Gasteiger partial charge in [0.2, 0.25) is 0 Å². The van der Waals surface area contributed by atoms with Crippen molar-refractivity contribution in [2.24, 2.45) is 0 Å². The van der Waals surface area contributed by atoms with Gasteiger partial charge in [-0.05, 0) is 52.1 Å². The van der Waals surface area contributed by atoms with Gasteiger partial charge in [0.15, 0.2) is 0 Å². The van der Waals surface area contributed by atoms with E-state index < -0.39 is 0 Å². The van der Waals surface area contributed by atoms with Gasteiger partial charge in [0.25, 0.3) is 0 Å². The van der Waals surface area contributed by atoms with E-state index >= 15 is 0 Å². The smallest absolute Gasteiger partial charge is 0.00610 e. The van der Waals surface area contributed by atoms with Crippen LogP contribution in [0.1, 0.15) is 48.9 Å². The Hall–Kier alpha value is -4.16. The molecule has 0 aliphatic rings. The number of aryl methyl sites for hydroxylation is 2. The summed E-state index contributed by atoms with van der Waals surface area (Å²) in [5, 5.41) is 5.33. The first-order valence-electron chi connectivity index (χ1n) is 13.6. The summed E-state index contributed by atoms with van der Waals surface area (Å²) in [6.45, 7) is 10.5. The van der Waals surface area contributed by atoms with Crippen LogP contribution in [0.25, 0.3) is 21.5 Å². The first-order valence-corrected chi connectivity index (χ1v) is 13.6. The third kappa shape index (κ3) is 8.18. The molecule has 0 amide bonds. The van der Waals surface area contributed by atoms with Crippen LogP contribution >= 0.6 is 0 Å². The second kappa shape index (κ2) is 15.2. The molecule has 0 nitrogen and oxygen atoms in total. The van der Waals surface area contributed by atoms with Crippen molar-refractivity contribution in [1.29, 1.82) is 0 Å². The SMILES string of the molecule is CC.CC(c1ccccc1)c1ccccc1.Cc1ccc2ccccc2c1.Cc1cccc2ccccc12. The van der Waals surface area contributed by atoms with Crippen LogP contribution in [-0.2, 0) is 0 Å². The molecule has 0 aromatic heterocycles. The summed E-state index contributed by atoms with van der Waals surface area (Å²) in [6.07, 6.45) is 0. The molecule has 0 spiro atoms. The van der Waals surface area contributed by atoms with Gasteiger partial charge < -0.3 is 0 Å². The van der Waals surface area contributed by atoms with Crippen molar-refractivity contribution in [2.45, 2.75) is 40.5 Å². The highest BCUT2D eigenvalue weighted by molar-refractivity contribution is 5.85. The van der Waals surface area contributed by atoms with Gasteiger partial charge in [-0.25, -0.2) is 0 Å². The summed E-state index contributed by atoms with van der Waals surface area (Å²) in [6, 6.07) is 50.9. The van der Waals surface area contributed by atoms with Crippen molar-refractivity contribution in [3.05, 3.63) is 168 Å². The van der Waals surface area contributed by atoms with Crippen molar-refractivity contribution in [3.8, 4) is 0 Å². The fourth-order valence-electron chi connectivity index (χ4n) is 4.37. The minimum atomic E-state index is 0.484. The number of benzene rings is 6. The second-order valence-electron chi connectivity index (χ2n) is 9.19. The zero-order valence-corrected chi connectivity index (χ0v) is 23.4. The van der Waals surface area contributed by atoms with Gasteiger partial charge in [-0.15, -0.1) is 0 Å². The lowest BCUT2D eigenvalue weighted by Crippen LogP contribution is -1.94. The third-order valence-corrected chi connectivity index (χ3v) is 6.51. The molecule has 0 saturated carbocycles. The Labute approximate surface area is 229 Å². The largest absolute Gasteiger partial charge is 0.0683 e. The highest BCUT2D eigenvalue weighted by Crippen LogP contribution is 2.23. The molecule has 6 rings (SSSR count). The topological polar surface area (TPSA) is 0 Å². The average molecular weight is 497 g/mol. The third-order valence-electron chi connectivity index (χ3n) is 6.51. The van der Waals surface area contributed by atoms with Crippen LogP contribution in [-0.4, -0.2) is 0 Å². The summed E-state index contributed by atoms with van der Waals surface area (Å²) in [5.41, 5.74) is 5.42. The summed E-state index contributed by atoms with van der Waals surface area (Å²) in [7, 11) is 0. The summed E-state index contributed by atoms with van der Waals surface area (Å²) >= 11 is 0. The van der Waals surface area contributed by atoms with Gasteiger partial charge >= 0.3 is 0 Å². The van der Waals surface area contributed by atoms with Gasteiger partial charge in [0.1, 0.15) is 0 Å². The van der Waals surface area contributed by atoms with E-state index in [4.69, 9.17) is 0 Å². The van der Waals surface area contributed by atoms with E-state index in [1.807, 2.05) is 13.8 Å². The van der Waals surface area contributed by atoms with Crippen LogP contribution in [0.2, 0.25) is 0 Å². The Morgan fingerprint density at radius 1 is 0.421 bits per heavy atom. The van der Waals surface area contributed by atoms with E-state index in [1.54, 1.807) is 0 Å². The van der Waals surface area contributed by atoms with Crippen LogP contribution in [0, 0.1) is 13.8 Å². The van der Waals surface area contributed by atoms with E-state index in [1.165, 1.54) is 43.8 Å². The molecule has 0 bridgehead atoms. The second-order valence-corrected chi connectivity index (χ2v) is 9.19. The van der Waals surface area contributed by atoms with E-state index in [9.17, 15) is 0 Å². The maximum absolute atomic E-state index is 2.24. The van der Waals surface area contributed by atoms with Gasteiger partial charge in [-0.3, -0.25) is 0 Å². The number of hydrogen-bond acceptors (Lipinski definition) is 0. The molecule has 0 saturated heterocycles. The normalized spacial score (nSPS) is 9.95. The first-order chi connectivity index (χ1) is 18.6. The fourth-order valence-corrected chi connectivity index (χ4v) is 4.37. The van der Waals surface area contributed by atoms with Gasteiger partial charge in [-0.2, -0.15) is 0 Å². The van der Waals surface area contributed by atoms with E-state index in [2.05, 4.69) is 166 Å². The minimum Gasteiger partial charge on any atom is -0.0683 e. The molecule has 0 atom stereocenters. The molecule has 0 aliphatic carbocycles. The molecule has 6 aromatic rings. The summed E-state index contributed by atoms with van der Waals surface area (Å²) in [5.74, 6) is 0.484. The highest BCUT2D eigenvalue weighted by Gasteiger charge is 2.05. The minimum absolute atomic E-state index is 0.484. The molecule has 0 fully saturated rings. The standard InChI is InChI=1S/C14H14.2C11H10.C2H6/c1-12(13-8-4-2-5-9-13)14-10-6-3-7-11-14;1-9-5-4-7-10-6-2-3-8-11(9)10;1-9-6-7-10-4-2-3-5-11(10)8-9;1-2/h2-12H,1H3;2*2-8H,1H3;1-2H3. The maximum Gasteiger partial charge on any atom is 0.00610 e. The lowest BCUT2D eigenvalue weighted by Gasteiger charge is -2.11. The van der Waals surface area contributed by atoms with Gasteiger partial charge in [-0.1, -0.05) is 172 Å². The van der Waals surface area contributed by atoms with Crippen molar-refractivity contribution >= 4 is 21.5 Å². The zero-order chi connectivity index (χ0) is 27.2. The van der Waals surface area contributed by atoms with Crippen LogP contribution < -0.4 is 0 Å². The summed E-state index contributed by atoms with van der Waals surface area (Å²) < 4.78 is 0. The maximum atomic E-state index is 2.24. The zero-order valence-electron chi connectivity index (χ0n) is 23.4. The van der Waals surface area contributed by atoms with Crippen LogP contribution in [0.5, 0.6) is 0 Å². The Balaban J connectivity index is 0.000000154. The Bertz CT molecular complexity index is 1450. The van der Waals surface area contributed by atoms with Crippen LogP contribution in [0.3, 0.4) is 0 Å². The average Bonchev–Trinajstić information content (AvgIpc) is 3.00. The molecule has 6 aromatic carbocycles. The predicted octanol–water partition coefficient (Wildman–Crippen LogP) is 11.2. The lowest BCUT2D eigenvalue weighted by molar-refractivity contribution is 0.922. The monoisotopic (exact) mass is 496 g/mol. The van der Waals surface area contributed by atoms with E-state index in [0.29, 0.717) is 5.92 Å². The highest BCUT2D eigenvalue weighted by atomic mass is 14.1. The molecule has 0 aliphatic heterocycles. The van der Waals surface area contributed by atoms with E-state index in [-0.39, 0.29) is 0 Å². The molecule has 0 N–H and O–H groups in total. The molecule has 192 valence electrons. The Morgan fingerprint density at radius 3 is 1.47 bits per heavy atom. The Morgan fingerprint density at radius 2 is 0.895 bits per heavy atom. The molecule has 0 heteroatoms. The van der Waals surface area contributed by atoms with Crippen molar-refractivity contribution in [1.82, 2.24) is 0 Å². The van der Waals surface area contributed by atoms with Crippen LogP contribution in [0.4, 0.5) is 0 Å². The molecule has 38 heavy (non-hydrogen) atoms. The number of hydrogen-bond donors (Lipinski definition) is 0. The molecule has 0 heterocycles. The van der Waals surface area contributed by atoms with Crippen LogP contribution in [0.15, 0.2) is 146 Å². The van der Waals surface area contributed by atoms with Crippen molar-refractivity contribution in [3.63, 3.8) is 0 Å². The predicted molar refractivity (Wildman–Crippen MR) is 169 cm³/mol. The number of fused-ring (bicyclic) bond motifs is 2. The lowest BCUT2D eigenvalue weighted by atomic mass is 9.93. The number of rotatable bonds is 2. The van der Waals surface area contributed by atoms with Crippen molar-refractivity contribution < 1.29 is 0 Å². The van der Waals surface area contributed by atoms with Gasteiger partial charge in [0.05, 0.1) is 0 Å². The molecular weight excluding hydrogens is 456 g/mol. The van der Waals surface area contributed by atoms with Gasteiger partial charge in [0, 0.05) is 5.92 Å². The van der Waals surface area contributed by atoms with Crippen molar-refractivity contribution in [2.75, 3.05) is 0 Å². The summed E-state index contributed by atoms with van der Waals surface area (Å²) in [4.78, 5) is 0. The molecule has 0 unspecified atom stereocenters. The first kappa shape index (κ1) is 28.4. The molecular formula is C38H40. The fraction of sp³-hybridized carbons (Fsp3) is 0.158. The van der Waals surface area contributed by atoms with E-state index in [0.717, 1.165) is 0 Å². The molecule has 0 radical (unpaired) electrons. The quantitative estimate of drug-likeness (QED) is 0.224.